The van der Waals surface area contributed by atoms with E-state index in [2.05, 4.69) is 4.74 Å². The fourth-order valence-electron chi connectivity index (χ4n) is 2.44. The molecule has 25 heavy (non-hydrogen) atoms. The molecule has 0 saturated heterocycles. The molecule has 0 aromatic heterocycles. The van der Waals surface area contributed by atoms with Crippen LogP contribution in [0.4, 0.5) is 0 Å². The Morgan fingerprint density at radius 1 is 1.00 bits per heavy atom. The molecule has 2 aromatic carbocycles. The first-order valence-electron chi connectivity index (χ1n) is 8.17. The largest absolute Gasteiger partial charge is 0.469 e. The third kappa shape index (κ3) is 5.14. The van der Waals surface area contributed by atoms with Gasteiger partial charge < -0.3 is 4.74 Å². The van der Waals surface area contributed by atoms with Gasteiger partial charge in [0.05, 0.1) is 18.4 Å². The summed E-state index contributed by atoms with van der Waals surface area (Å²) in [4.78, 5) is 11.7. The van der Waals surface area contributed by atoms with E-state index in [0.29, 0.717) is 0 Å². The molecule has 0 aliphatic rings. The number of sulfonamides is 1. The van der Waals surface area contributed by atoms with Crippen molar-refractivity contribution in [3.05, 3.63) is 65.7 Å². The Morgan fingerprint density at radius 2 is 1.64 bits per heavy atom. The molecule has 6 heteroatoms. The van der Waals surface area contributed by atoms with Crippen LogP contribution in [0.3, 0.4) is 0 Å². The molecule has 0 spiro atoms. The van der Waals surface area contributed by atoms with Crippen molar-refractivity contribution < 1.29 is 17.9 Å². The van der Waals surface area contributed by atoms with E-state index in [1.165, 1.54) is 11.4 Å². The highest BCUT2D eigenvalue weighted by Crippen LogP contribution is 2.20. The number of rotatable bonds is 8. The molecule has 0 radical (unpaired) electrons. The smallest absolute Gasteiger partial charge is 0.306 e. The van der Waals surface area contributed by atoms with Gasteiger partial charge in [-0.05, 0) is 29.7 Å². The summed E-state index contributed by atoms with van der Waals surface area (Å²) in [6.07, 6.45) is 0.853. The molecule has 2 rings (SSSR count). The molecule has 0 heterocycles. The van der Waals surface area contributed by atoms with E-state index in [0.717, 1.165) is 17.5 Å². The first-order chi connectivity index (χ1) is 12.0. The van der Waals surface area contributed by atoms with Crippen LogP contribution in [-0.2, 0) is 32.5 Å². The van der Waals surface area contributed by atoms with Crippen LogP contribution < -0.4 is 0 Å². The maximum Gasteiger partial charge on any atom is 0.306 e. The number of aryl methyl sites for hydroxylation is 1. The van der Waals surface area contributed by atoms with Crippen molar-refractivity contribution in [3.63, 3.8) is 0 Å². The predicted molar refractivity (Wildman–Crippen MR) is 96.5 cm³/mol. The Labute approximate surface area is 149 Å². The van der Waals surface area contributed by atoms with Gasteiger partial charge in [0, 0.05) is 13.1 Å². The highest BCUT2D eigenvalue weighted by Gasteiger charge is 2.25. The Morgan fingerprint density at radius 3 is 2.20 bits per heavy atom. The molecule has 2 aromatic rings. The zero-order valence-electron chi connectivity index (χ0n) is 14.5. The number of esters is 1. The van der Waals surface area contributed by atoms with Gasteiger partial charge in [-0.15, -0.1) is 0 Å². The molecule has 134 valence electrons. The fraction of sp³-hybridized carbons (Fsp3) is 0.316. The fourth-order valence-corrected chi connectivity index (χ4v) is 3.86. The molecule has 0 atom stereocenters. The first kappa shape index (κ1) is 19.1. The second-order valence-electron chi connectivity index (χ2n) is 5.65. The van der Waals surface area contributed by atoms with E-state index in [4.69, 9.17) is 0 Å². The minimum absolute atomic E-state index is 0.00953. The van der Waals surface area contributed by atoms with Crippen LogP contribution in [0.5, 0.6) is 0 Å². The number of hydrogen-bond acceptors (Lipinski definition) is 4. The number of nitrogens with zero attached hydrogens (tertiary/aromatic N) is 1. The third-order valence-corrected chi connectivity index (χ3v) is 5.82. The van der Waals surface area contributed by atoms with Crippen LogP contribution in [-0.4, -0.2) is 32.3 Å². The van der Waals surface area contributed by atoms with Gasteiger partial charge in [0.1, 0.15) is 0 Å². The standard InChI is InChI=1S/C19H23NO4S/c1-3-16-9-11-18(12-10-16)25(22,23)20(14-13-19(21)24-2)15-17-7-5-4-6-8-17/h4-12H,3,13-15H2,1-2H3. The van der Waals surface area contributed by atoms with E-state index >= 15 is 0 Å². The molecule has 0 unspecified atom stereocenters. The molecule has 0 amide bonds. The minimum atomic E-state index is -3.70. The lowest BCUT2D eigenvalue weighted by molar-refractivity contribution is -0.140. The van der Waals surface area contributed by atoms with Crippen molar-refractivity contribution in [1.29, 1.82) is 0 Å². The molecule has 0 N–H and O–H groups in total. The van der Waals surface area contributed by atoms with Crippen LogP contribution in [0.15, 0.2) is 59.5 Å². The Bertz CT molecular complexity index is 786. The summed E-state index contributed by atoms with van der Waals surface area (Å²) in [6.45, 7) is 2.29. The topological polar surface area (TPSA) is 63.7 Å². The third-order valence-electron chi connectivity index (χ3n) is 3.96. The summed E-state index contributed by atoms with van der Waals surface area (Å²) in [5, 5.41) is 0. The zero-order valence-corrected chi connectivity index (χ0v) is 15.3. The van der Waals surface area contributed by atoms with Crippen LogP contribution in [0.25, 0.3) is 0 Å². The van der Waals surface area contributed by atoms with Gasteiger partial charge in [-0.1, -0.05) is 49.4 Å². The average Bonchev–Trinajstić information content (AvgIpc) is 2.65. The zero-order chi connectivity index (χ0) is 18.3. The van der Waals surface area contributed by atoms with Crippen molar-refractivity contribution in [2.75, 3.05) is 13.7 Å². The quantitative estimate of drug-likeness (QED) is 0.678. The summed E-state index contributed by atoms with van der Waals surface area (Å²) < 4.78 is 32.0. The normalized spacial score (nSPS) is 11.5. The number of carbonyl (C=O) groups is 1. The van der Waals surface area contributed by atoms with Crippen molar-refractivity contribution in [1.82, 2.24) is 4.31 Å². The van der Waals surface area contributed by atoms with Gasteiger partial charge in [-0.25, -0.2) is 8.42 Å². The van der Waals surface area contributed by atoms with E-state index in [1.807, 2.05) is 49.4 Å². The van der Waals surface area contributed by atoms with E-state index in [1.54, 1.807) is 12.1 Å². The van der Waals surface area contributed by atoms with E-state index in [-0.39, 0.29) is 24.4 Å². The van der Waals surface area contributed by atoms with Gasteiger partial charge in [0.2, 0.25) is 10.0 Å². The summed E-state index contributed by atoms with van der Waals surface area (Å²) in [5.74, 6) is -0.436. The number of carbonyl (C=O) groups excluding carboxylic acids is 1. The highest BCUT2D eigenvalue weighted by atomic mass is 32.2. The van der Waals surface area contributed by atoms with E-state index in [9.17, 15) is 13.2 Å². The van der Waals surface area contributed by atoms with Gasteiger partial charge in [0.15, 0.2) is 0 Å². The predicted octanol–water partition coefficient (Wildman–Crippen LogP) is 3.00. The Balaban J connectivity index is 2.28. The molecule has 0 bridgehead atoms. The molecule has 0 aliphatic carbocycles. The summed E-state index contributed by atoms with van der Waals surface area (Å²) >= 11 is 0. The second-order valence-corrected chi connectivity index (χ2v) is 7.59. The summed E-state index contributed by atoms with van der Waals surface area (Å²) in [6, 6.07) is 16.2. The van der Waals surface area contributed by atoms with Gasteiger partial charge in [0.25, 0.3) is 0 Å². The first-order valence-corrected chi connectivity index (χ1v) is 9.61. The number of methoxy groups -OCH3 is 1. The summed E-state index contributed by atoms with van der Waals surface area (Å²) in [7, 11) is -2.41. The number of hydrogen-bond donors (Lipinski definition) is 0. The van der Waals surface area contributed by atoms with E-state index < -0.39 is 16.0 Å². The Kier molecular flexibility index (Phi) is 6.73. The molecule has 5 nitrogen and oxygen atoms in total. The monoisotopic (exact) mass is 361 g/mol. The van der Waals surface area contributed by atoms with Crippen molar-refractivity contribution in [3.8, 4) is 0 Å². The van der Waals surface area contributed by atoms with Gasteiger partial charge >= 0.3 is 5.97 Å². The van der Waals surface area contributed by atoms with Crippen molar-refractivity contribution in [2.45, 2.75) is 31.2 Å². The number of ether oxygens (including phenoxy) is 1. The summed E-state index contributed by atoms with van der Waals surface area (Å²) in [5.41, 5.74) is 1.93. The maximum atomic E-state index is 13.0. The second kappa shape index (κ2) is 8.78. The molecular formula is C19H23NO4S. The SMILES string of the molecule is CCc1ccc(S(=O)(=O)N(CCC(=O)OC)Cc2ccccc2)cc1. The average molecular weight is 361 g/mol. The Hall–Kier alpha value is -2.18. The van der Waals surface area contributed by atoms with Crippen LogP contribution in [0, 0.1) is 0 Å². The molecule has 0 aliphatic heterocycles. The van der Waals surface area contributed by atoms with Crippen molar-refractivity contribution in [2.24, 2.45) is 0 Å². The molecule has 0 saturated carbocycles. The van der Waals surface area contributed by atoms with Gasteiger partial charge in [-0.2, -0.15) is 4.31 Å². The lowest BCUT2D eigenvalue weighted by atomic mass is 10.2. The van der Waals surface area contributed by atoms with Crippen LogP contribution >= 0.6 is 0 Å². The lowest BCUT2D eigenvalue weighted by Gasteiger charge is -2.22. The van der Waals surface area contributed by atoms with Crippen molar-refractivity contribution >= 4 is 16.0 Å². The number of benzene rings is 2. The maximum absolute atomic E-state index is 13.0. The van der Waals surface area contributed by atoms with Crippen LogP contribution in [0.2, 0.25) is 0 Å². The molecular weight excluding hydrogens is 338 g/mol. The highest BCUT2D eigenvalue weighted by molar-refractivity contribution is 7.89. The minimum Gasteiger partial charge on any atom is -0.469 e. The molecule has 0 fully saturated rings. The van der Waals surface area contributed by atoms with Gasteiger partial charge in [-0.3, -0.25) is 4.79 Å². The lowest BCUT2D eigenvalue weighted by Crippen LogP contribution is -2.32. The van der Waals surface area contributed by atoms with Crippen LogP contribution in [0.1, 0.15) is 24.5 Å².